The number of carbonyl (C=O) groups is 1. The number of aromatic nitrogens is 2. The van der Waals surface area contributed by atoms with E-state index < -0.39 is 5.82 Å². The molecule has 0 saturated heterocycles. The molecule has 0 unspecified atom stereocenters. The van der Waals surface area contributed by atoms with Crippen LogP contribution in [-0.2, 0) is 4.79 Å². The highest BCUT2D eigenvalue weighted by atomic mass is 35.5. The van der Waals surface area contributed by atoms with Gasteiger partial charge < -0.3 is 20.3 Å². The van der Waals surface area contributed by atoms with E-state index in [1.165, 1.54) is 25.2 Å². The minimum atomic E-state index is -0.576. The molecule has 1 fully saturated rings. The van der Waals surface area contributed by atoms with E-state index in [-0.39, 0.29) is 16.6 Å². The van der Waals surface area contributed by atoms with Crippen LogP contribution in [0.1, 0.15) is 12.8 Å². The van der Waals surface area contributed by atoms with Gasteiger partial charge in [0.25, 0.3) is 5.91 Å². The summed E-state index contributed by atoms with van der Waals surface area (Å²) < 4.78 is 20.4. The molecule has 2 aromatic carbocycles. The summed E-state index contributed by atoms with van der Waals surface area (Å²) in [5.41, 5.74) is 1.42. The minimum absolute atomic E-state index is 0.00590. The zero-order valence-electron chi connectivity index (χ0n) is 17.1. The number of rotatable bonds is 6. The second-order valence-corrected chi connectivity index (χ2v) is 8.09. The molecule has 1 aromatic heterocycles. The fraction of sp³-hybridized carbons (Fsp3) is 0.261. The fourth-order valence-electron chi connectivity index (χ4n) is 3.65. The Kier molecular flexibility index (Phi) is 5.63. The van der Waals surface area contributed by atoms with Gasteiger partial charge in [-0.3, -0.25) is 4.79 Å². The zero-order chi connectivity index (χ0) is 22.1. The lowest BCUT2D eigenvalue weighted by molar-refractivity contribution is -0.114. The number of halogens is 2. The van der Waals surface area contributed by atoms with Gasteiger partial charge in [-0.2, -0.15) is 0 Å². The van der Waals surface area contributed by atoms with Crippen molar-refractivity contribution < 1.29 is 13.9 Å². The molecule has 2 N–H and O–H groups in total. The van der Waals surface area contributed by atoms with Gasteiger partial charge in [0.1, 0.15) is 18.8 Å². The molecule has 2 heterocycles. The summed E-state index contributed by atoms with van der Waals surface area (Å²) in [6.45, 7) is 1.42. The third-order valence-electron chi connectivity index (χ3n) is 5.42. The molecule has 7 nitrogen and oxygen atoms in total. The highest BCUT2D eigenvalue weighted by molar-refractivity contribution is 6.31. The van der Waals surface area contributed by atoms with Crippen molar-refractivity contribution in [2.24, 2.45) is 0 Å². The van der Waals surface area contributed by atoms with Crippen LogP contribution in [0, 0.1) is 5.82 Å². The average Bonchev–Trinajstić information content (AvgIpc) is 3.63. The Bertz CT molecular complexity index is 1210. The van der Waals surface area contributed by atoms with Crippen LogP contribution < -0.4 is 20.3 Å². The van der Waals surface area contributed by atoms with Crippen LogP contribution in [-0.4, -0.2) is 41.6 Å². The first-order chi connectivity index (χ1) is 15.6. The van der Waals surface area contributed by atoms with Gasteiger partial charge >= 0.3 is 0 Å². The summed E-state index contributed by atoms with van der Waals surface area (Å²) in [7, 11) is 0. The molecule has 1 aliphatic heterocycles. The van der Waals surface area contributed by atoms with Gasteiger partial charge in [-0.25, -0.2) is 14.4 Å². The molecule has 0 atom stereocenters. The number of nitrogens with one attached hydrogen (secondary N) is 2. The van der Waals surface area contributed by atoms with Crippen LogP contribution in [0.2, 0.25) is 5.02 Å². The molecule has 0 bridgehead atoms. The number of nitrogens with zero attached hydrogens (tertiary/aromatic N) is 3. The maximum absolute atomic E-state index is 14.5. The van der Waals surface area contributed by atoms with Gasteiger partial charge in [0.15, 0.2) is 11.6 Å². The van der Waals surface area contributed by atoms with Crippen molar-refractivity contribution in [3.05, 3.63) is 59.7 Å². The molecule has 1 amide bonds. The summed E-state index contributed by atoms with van der Waals surface area (Å²) in [5.74, 6) is 0.149. The van der Waals surface area contributed by atoms with E-state index in [1.54, 1.807) is 29.2 Å². The Morgan fingerprint density at radius 3 is 3.00 bits per heavy atom. The maximum Gasteiger partial charge on any atom is 0.250 e. The van der Waals surface area contributed by atoms with Crippen molar-refractivity contribution in [1.29, 1.82) is 0 Å². The predicted molar refractivity (Wildman–Crippen MR) is 122 cm³/mol. The summed E-state index contributed by atoms with van der Waals surface area (Å²) in [4.78, 5) is 23.1. The van der Waals surface area contributed by atoms with E-state index in [0.29, 0.717) is 53.9 Å². The number of fused-ring (bicyclic) bond motifs is 3. The highest BCUT2D eigenvalue weighted by Gasteiger charge is 2.26. The van der Waals surface area contributed by atoms with Gasteiger partial charge in [0.2, 0.25) is 0 Å². The molecule has 3 aromatic rings. The Hall–Kier alpha value is -3.23. The van der Waals surface area contributed by atoms with Crippen LogP contribution in [0.5, 0.6) is 5.75 Å². The van der Waals surface area contributed by atoms with Gasteiger partial charge in [-0.1, -0.05) is 23.7 Å². The van der Waals surface area contributed by atoms with E-state index >= 15 is 0 Å². The fourth-order valence-corrected chi connectivity index (χ4v) is 3.83. The van der Waals surface area contributed by atoms with E-state index in [1.807, 2.05) is 12.1 Å². The third kappa shape index (κ3) is 4.11. The molecule has 0 radical (unpaired) electrons. The van der Waals surface area contributed by atoms with Crippen molar-refractivity contribution in [3.8, 4) is 5.75 Å². The second-order valence-electron chi connectivity index (χ2n) is 7.68. The summed E-state index contributed by atoms with van der Waals surface area (Å²) >= 11 is 5.91. The number of anilines is 3. The van der Waals surface area contributed by atoms with E-state index in [0.717, 1.165) is 0 Å². The monoisotopic (exact) mass is 453 g/mol. The smallest absolute Gasteiger partial charge is 0.250 e. The minimum Gasteiger partial charge on any atom is -0.489 e. The number of hydrogen-bond donors (Lipinski definition) is 2. The lowest BCUT2D eigenvalue weighted by Crippen LogP contribution is -2.37. The highest BCUT2D eigenvalue weighted by Crippen LogP contribution is 2.41. The molecule has 164 valence electrons. The molecule has 5 rings (SSSR count). The van der Waals surface area contributed by atoms with Gasteiger partial charge in [0, 0.05) is 18.7 Å². The van der Waals surface area contributed by atoms with E-state index in [2.05, 4.69) is 20.6 Å². The van der Waals surface area contributed by atoms with Crippen LogP contribution >= 0.6 is 11.6 Å². The molecule has 9 heteroatoms. The van der Waals surface area contributed by atoms with Gasteiger partial charge in [-0.15, -0.1) is 0 Å². The Morgan fingerprint density at radius 2 is 2.16 bits per heavy atom. The summed E-state index contributed by atoms with van der Waals surface area (Å²) in [6, 6.07) is 8.88. The van der Waals surface area contributed by atoms with Crippen LogP contribution in [0.15, 0.2) is 48.8 Å². The summed E-state index contributed by atoms with van der Waals surface area (Å²) in [6.07, 6.45) is 7.21. The number of hydrogen-bond acceptors (Lipinski definition) is 6. The van der Waals surface area contributed by atoms with Crippen molar-refractivity contribution >= 4 is 45.6 Å². The topological polar surface area (TPSA) is 79.4 Å². The molecule has 32 heavy (non-hydrogen) atoms. The molecular formula is C23H21ClFN5O2. The number of ether oxygens (including phenoxy) is 1. The predicted octanol–water partition coefficient (Wildman–Crippen LogP) is 4.20. The van der Waals surface area contributed by atoms with Crippen molar-refractivity contribution in [3.63, 3.8) is 0 Å². The average molecular weight is 454 g/mol. The van der Waals surface area contributed by atoms with Crippen molar-refractivity contribution in [1.82, 2.24) is 15.3 Å². The van der Waals surface area contributed by atoms with Crippen LogP contribution in [0.4, 0.5) is 21.6 Å². The lowest BCUT2D eigenvalue weighted by atomic mass is 10.1. The largest absolute Gasteiger partial charge is 0.489 e. The molecule has 1 saturated carbocycles. The second kappa shape index (κ2) is 8.72. The Morgan fingerprint density at radius 1 is 1.28 bits per heavy atom. The SMILES string of the molecule is O=C(/C=C/CNC1CC1)N1CCOc2c1ccc1ncnc(Nc3cccc(Cl)c3F)c21. The number of amides is 1. The Labute approximate surface area is 189 Å². The van der Waals surface area contributed by atoms with Crippen LogP contribution in [0.3, 0.4) is 0 Å². The molecule has 2 aliphatic rings. The third-order valence-corrected chi connectivity index (χ3v) is 5.71. The first kappa shape index (κ1) is 20.7. The Balaban J connectivity index is 1.48. The van der Waals surface area contributed by atoms with E-state index in [9.17, 15) is 9.18 Å². The van der Waals surface area contributed by atoms with Gasteiger partial charge in [-0.05, 0) is 37.1 Å². The van der Waals surface area contributed by atoms with Crippen LogP contribution in [0.25, 0.3) is 10.9 Å². The first-order valence-corrected chi connectivity index (χ1v) is 10.8. The normalized spacial score (nSPS) is 15.6. The zero-order valence-corrected chi connectivity index (χ0v) is 17.9. The number of carbonyl (C=O) groups excluding carboxylic acids is 1. The van der Waals surface area contributed by atoms with Crippen molar-refractivity contribution in [2.75, 3.05) is 29.9 Å². The lowest BCUT2D eigenvalue weighted by Gasteiger charge is -2.30. The van der Waals surface area contributed by atoms with Gasteiger partial charge in [0.05, 0.1) is 33.8 Å². The summed E-state index contributed by atoms with van der Waals surface area (Å²) in [5, 5.41) is 6.92. The quantitative estimate of drug-likeness (QED) is 0.544. The molecule has 1 aliphatic carbocycles. The number of benzene rings is 2. The first-order valence-electron chi connectivity index (χ1n) is 10.4. The van der Waals surface area contributed by atoms with E-state index in [4.69, 9.17) is 16.3 Å². The molecular weight excluding hydrogens is 433 g/mol. The standard InChI is InChI=1S/C23H21ClFN5O2/c24-15-3-1-4-17(21(15)25)29-23-20-16(27-13-28-23)8-9-18-22(20)32-12-11-30(18)19(31)5-2-10-26-14-6-7-14/h1-5,8-9,13-14,26H,6-7,10-12H2,(H,27,28,29)/b5-2+. The molecule has 0 spiro atoms. The van der Waals surface area contributed by atoms with Crippen molar-refractivity contribution in [2.45, 2.75) is 18.9 Å². The maximum atomic E-state index is 14.5.